The van der Waals surface area contributed by atoms with Crippen LogP contribution in [-0.4, -0.2) is 57.6 Å². The molecule has 1 unspecified atom stereocenters. The fourth-order valence-electron chi connectivity index (χ4n) is 3.72. The zero-order valence-electron chi connectivity index (χ0n) is 21.7. The molecule has 8 nitrogen and oxygen atoms in total. The van der Waals surface area contributed by atoms with E-state index in [1.54, 1.807) is 38.3 Å². The molecule has 2 amide bonds. The Morgan fingerprint density at radius 1 is 1.11 bits per heavy atom. The Morgan fingerprint density at radius 2 is 1.75 bits per heavy atom. The minimum Gasteiger partial charge on any atom is -0.497 e. The van der Waals surface area contributed by atoms with Crippen molar-refractivity contribution in [2.75, 3.05) is 30.8 Å². The fraction of sp³-hybridized carbons (Fsp3) is 0.462. The SMILES string of the molecule is CCC(C(=O)NCC(C)C)N(Cc1ccc(OC)cc1)C(=O)CN(c1cc(Cl)ccc1C)S(C)(=O)=O. The van der Waals surface area contributed by atoms with E-state index in [9.17, 15) is 18.0 Å². The summed E-state index contributed by atoms with van der Waals surface area (Å²) >= 11 is 6.14. The van der Waals surface area contributed by atoms with Crippen LogP contribution < -0.4 is 14.4 Å². The number of anilines is 1. The number of carbonyl (C=O) groups is 2. The van der Waals surface area contributed by atoms with Gasteiger partial charge in [-0.3, -0.25) is 13.9 Å². The number of nitrogens with zero attached hydrogens (tertiary/aromatic N) is 2. The molecule has 2 rings (SSSR count). The number of hydrogen-bond donors (Lipinski definition) is 1. The average Bonchev–Trinajstić information content (AvgIpc) is 2.82. The van der Waals surface area contributed by atoms with E-state index in [-0.39, 0.29) is 18.4 Å². The van der Waals surface area contributed by atoms with Gasteiger partial charge in [0.1, 0.15) is 18.3 Å². The normalized spacial score (nSPS) is 12.2. The Morgan fingerprint density at radius 3 is 2.28 bits per heavy atom. The molecule has 0 aliphatic heterocycles. The van der Waals surface area contributed by atoms with Gasteiger partial charge in [-0.1, -0.05) is 50.6 Å². The van der Waals surface area contributed by atoms with E-state index in [0.717, 1.165) is 16.1 Å². The first-order chi connectivity index (χ1) is 16.9. The molecule has 0 aliphatic carbocycles. The number of rotatable bonds is 12. The summed E-state index contributed by atoms with van der Waals surface area (Å²) in [5.41, 5.74) is 1.75. The molecule has 2 aromatic carbocycles. The third-order valence-electron chi connectivity index (χ3n) is 5.70. The number of amides is 2. The highest BCUT2D eigenvalue weighted by Crippen LogP contribution is 2.27. The number of halogens is 1. The van der Waals surface area contributed by atoms with Gasteiger partial charge in [0, 0.05) is 18.1 Å². The Hall–Kier alpha value is -2.78. The summed E-state index contributed by atoms with van der Waals surface area (Å²) in [4.78, 5) is 28.3. The Labute approximate surface area is 219 Å². The fourth-order valence-corrected chi connectivity index (χ4v) is 4.78. The van der Waals surface area contributed by atoms with Crippen molar-refractivity contribution < 1.29 is 22.7 Å². The van der Waals surface area contributed by atoms with E-state index in [4.69, 9.17) is 16.3 Å². The smallest absolute Gasteiger partial charge is 0.244 e. The zero-order chi connectivity index (χ0) is 27.0. The number of methoxy groups -OCH3 is 1. The first-order valence-corrected chi connectivity index (χ1v) is 14.0. The van der Waals surface area contributed by atoms with Crippen LogP contribution in [0.4, 0.5) is 5.69 Å². The lowest BCUT2D eigenvalue weighted by Crippen LogP contribution is -2.52. The predicted octanol–water partition coefficient (Wildman–Crippen LogP) is 4.00. The van der Waals surface area contributed by atoms with Crippen LogP contribution in [0.25, 0.3) is 0 Å². The molecule has 0 aliphatic rings. The molecule has 0 spiro atoms. The van der Waals surface area contributed by atoms with Gasteiger partial charge in [-0.15, -0.1) is 0 Å². The molecule has 198 valence electrons. The molecule has 0 radical (unpaired) electrons. The van der Waals surface area contributed by atoms with Crippen molar-refractivity contribution in [2.45, 2.75) is 46.7 Å². The van der Waals surface area contributed by atoms with Crippen molar-refractivity contribution in [1.82, 2.24) is 10.2 Å². The number of sulfonamides is 1. The summed E-state index contributed by atoms with van der Waals surface area (Å²) in [5, 5.41) is 3.26. The predicted molar refractivity (Wildman–Crippen MR) is 144 cm³/mol. The highest BCUT2D eigenvalue weighted by molar-refractivity contribution is 7.92. The Bertz CT molecular complexity index is 1150. The van der Waals surface area contributed by atoms with Gasteiger partial charge in [-0.05, 0) is 54.7 Å². The van der Waals surface area contributed by atoms with Gasteiger partial charge in [0.2, 0.25) is 21.8 Å². The summed E-state index contributed by atoms with van der Waals surface area (Å²) in [6, 6.07) is 11.3. The van der Waals surface area contributed by atoms with E-state index in [0.29, 0.717) is 35.0 Å². The molecule has 0 aromatic heterocycles. The molecule has 0 fully saturated rings. The molecule has 36 heavy (non-hydrogen) atoms. The Balaban J connectivity index is 2.46. The summed E-state index contributed by atoms with van der Waals surface area (Å²) in [6.45, 7) is 7.67. The molecule has 1 N–H and O–H groups in total. The lowest BCUT2D eigenvalue weighted by atomic mass is 10.1. The van der Waals surface area contributed by atoms with Gasteiger partial charge in [0.25, 0.3) is 0 Å². The third kappa shape index (κ3) is 8.13. The maximum Gasteiger partial charge on any atom is 0.244 e. The maximum atomic E-state index is 13.7. The molecule has 1 atom stereocenters. The van der Waals surface area contributed by atoms with Gasteiger partial charge in [0.15, 0.2) is 0 Å². The minimum atomic E-state index is -3.83. The topological polar surface area (TPSA) is 96.0 Å². The van der Waals surface area contributed by atoms with Crippen LogP contribution in [0, 0.1) is 12.8 Å². The number of benzene rings is 2. The van der Waals surface area contributed by atoms with Gasteiger partial charge >= 0.3 is 0 Å². The molecular weight excluding hydrogens is 502 g/mol. The largest absolute Gasteiger partial charge is 0.497 e. The summed E-state index contributed by atoms with van der Waals surface area (Å²) < 4.78 is 31.8. The van der Waals surface area contributed by atoms with Crippen molar-refractivity contribution in [3.63, 3.8) is 0 Å². The molecule has 0 heterocycles. The van der Waals surface area contributed by atoms with E-state index >= 15 is 0 Å². The molecule has 2 aromatic rings. The standard InChI is InChI=1S/C26H36ClN3O5S/c1-7-23(26(32)28-15-18(2)3)29(16-20-9-12-22(35-5)13-10-20)25(31)17-30(36(6,33)34)24-14-21(27)11-8-19(24)4/h8-14,18,23H,7,15-17H2,1-6H3,(H,28,32). The number of nitrogens with one attached hydrogen (secondary N) is 1. The second-order valence-corrected chi connectivity index (χ2v) is 11.5. The maximum absolute atomic E-state index is 13.7. The number of hydrogen-bond acceptors (Lipinski definition) is 5. The van der Waals surface area contributed by atoms with Crippen molar-refractivity contribution in [3.8, 4) is 5.75 Å². The highest BCUT2D eigenvalue weighted by Gasteiger charge is 2.32. The van der Waals surface area contributed by atoms with E-state index in [2.05, 4.69) is 5.32 Å². The molecular formula is C26H36ClN3O5S. The van der Waals surface area contributed by atoms with Gasteiger partial charge < -0.3 is 15.0 Å². The first kappa shape index (κ1) is 29.5. The van der Waals surface area contributed by atoms with E-state index in [1.807, 2.05) is 32.9 Å². The van der Waals surface area contributed by atoms with Gasteiger partial charge in [-0.2, -0.15) is 0 Å². The number of ether oxygens (including phenoxy) is 1. The molecule has 10 heteroatoms. The first-order valence-electron chi connectivity index (χ1n) is 11.8. The summed E-state index contributed by atoms with van der Waals surface area (Å²) in [7, 11) is -2.27. The minimum absolute atomic E-state index is 0.128. The lowest BCUT2D eigenvalue weighted by Gasteiger charge is -2.33. The monoisotopic (exact) mass is 537 g/mol. The van der Waals surface area contributed by atoms with Crippen LogP contribution in [0.3, 0.4) is 0 Å². The van der Waals surface area contributed by atoms with Crippen molar-refractivity contribution >= 4 is 39.1 Å². The molecule has 0 saturated carbocycles. The Kier molecular flexibility index (Phi) is 10.6. The van der Waals surface area contributed by atoms with Crippen LogP contribution in [0.15, 0.2) is 42.5 Å². The lowest BCUT2D eigenvalue weighted by molar-refractivity contribution is -0.140. The number of aryl methyl sites for hydroxylation is 1. The molecule has 0 bridgehead atoms. The van der Waals surface area contributed by atoms with Crippen LogP contribution in [0.5, 0.6) is 5.75 Å². The van der Waals surface area contributed by atoms with E-state index < -0.39 is 28.5 Å². The van der Waals surface area contributed by atoms with Gasteiger partial charge in [-0.25, -0.2) is 8.42 Å². The third-order valence-corrected chi connectivity index (χ3v) is 7.06. The quantitative estimate of drug-likeness (QED) is 0.441. The second-order valence-electron chi connectivity index (χ2n) is 9.13. The number of carbonyl (C=O) groups excluding carboxylic acids is 2. The zero-order valence-corrected chi connectivity index (χ0v) is 23.3. The van der Waals surface area contributed by atoms with Crippen LogP contribution >= 0.6 is 11.6 Å². The summed E-state index contributed by atoms with van der Waals surface area (Å²) in [6.07, 6.45) is 1.40. The van der Waals surface area contributed by atoms with E-state index in [1.165, 1.54) is 11.0 Å². The van der Waals surface area contributed by atoms with Crippen molar-refractivity contribution in [2.24, 2.45) is 5.92 Å². The van der Waals surface area contributed by atoms with Crippen molar-refractivity contribution in [3.05, 3.63) is 58.6 Å². The highest BCUT2D eigenvalue weighted by atomic mass is 35.5. The van der Waals surface area contributed by atoms with Crippen LogP contribution in [0.2, 0.25) is 5.02 Å². The van der Waals surface area contributed by atoms with Crippen LogP contribution in [-0.2, 0) is 26.2 Å². The van der Waals surface area contributed by atoms with Gasteiger partial charge in [0.05, 0.1) is 19.1 Å². The summed E-state index contributed by atoms with van der Waals surface area (Å²) in [5.74, 6) is 0.127. The second kappa shape index (κ2) is 13.0. The van der Waals surface area contributed by atoms with Crippen molar-refractivity contribution in [1.29, 1.82) is 0 Å². The average molecular weight is 538 g/mol. The molecule has 0 saturated heterocycles. The van der Waals surface area contributed by atoms with Crippen LogP contribution in [0.1, 0.15) is 38.3 Å².